The molecule has 0 N–H and O–H groups in total. The van der Waals surface area contributed by atoms with Crippen molar-refractivity contribution in [2.45, 2.75) is 26.4 Å². The van der Waals surface area contributed by atoms with Crippen molar-refractivity contribution in [2.24, 2.45) is 0 Å². The van der Waals surface area contributed by atoms with Gasteiger partial charge in [-0.05, 0) is 26.8 Å². The van der Waals surface area contributed by atoms with Gasteiger partial charge in [0.15, 0.2) is 0 Å². The number of nitrogens with zero attached hydrogens (tertiary/aromatic N) is 3. The molecule has 0 saturated carbocycles. The van der Waals surface area contributed by atoms with Crippen LogP contribution in [0.1, 0.15) is 31.1 Å². The molecule has 0 bridgehead atoms. The number of ether oxygens (including phenoxy) is 1. The van der Waals surface area contributed by atoms with Crippen molar-refractivity contribution in [2.75, 3.05) is 36.7 Å². The number of carbonyl (C=O) groups excluding carboxylic acids is 1. The van der Waals surface area contributed by atoms with E-state index in [1.54, 1.807) is 0 Å². The second-order valence-electron chi connectivity index (χ2n) is 7.05. The summed E-state index contributed by atoms with van der Waals surface area (Å²) < 4.78 is 32.1. The fourth-order valence-corrected chi connectivity index (χ4v) is 3.03. The maximum atomic E-state index is 12.6. The molecule has 0 fully saturated rings. The van der Waals surface area contributed by atoms with Crippen molar-refractivity contribution in [3.05, 3.63) is 37.9 Å². The van der Waals surface area contributed by atoms with Crippen LogP contribution in [0.25, 0.3) is 0 Å². The fourth-order valence-electron chi connectivity index (χ4n) is 2.45. The third-order valence-corrected chi connectivity index (χ3v) is 4.23. The summed E-state index contributed by atoms with van der Waals surface area (Å²) in [7, 11) is -3.76. The Kier molecular flexibility index (Phi) is 8.51. The normalized spacial score (nSPS) is 11.8. The number of alkyl halides is 1. The monoisotopic (exact) mass is 467 g/mol. The Morgan fingerprint density at radius 1 is 1.17 bits per heavy atom. The van der Waals surface area contributed by atoms with Gasteiger partial charge >= 0.3 is 11.7 Å². The van der Waals surface area contributed by atoms with Gasteiger partial charge in [0.25, 0.3) is 15.8 Å². The molecule has 12 nitrogen and oxygen atoms in total. The van der Waals surface area contributed by atoms with Crippen LogP contribution in [-0.2, 0) is 19.0 Å². The van der Waals surface area contributed by atoms with Crippen LogP contribution in [0.15, 0.2) is 12.1 Å². The quantitative estimate of drug-likeness (QED) is 0.164. The summed E-state index contributed by atoms with van der Waals surface area (Å²) >= 11 is 5.75. The molecule has 0 atom stereocenters. The predicted molar refractivity (Wildman–Crippen MR) is 109 cm³/mol. The highest BCUT2D eigenvalue weighted by molar-refractivity contribution is 7.85. The average Bonchev–Trinajstić information content (AvgIpc) is 2.56. The van der Waals surface area contributed by atoms with E-state index in [9.17, 15) is 33.4 Å². The van der Waals surface area contributed by atoms with Crippen molar-refractivity contribution in [3.63, 3.8) is 0 Å². The molecular weight excluding hydrogens is 446 g/mol. The van der Waals surface area contributed by atoms with E-state index in [2.05, 4.69) is 4.18 Å². The number of nitro benzene ring substituents is 2. The summed E-state index contributed by atoms with van der Waals surface area (Å²) in [6.07, 6.45) is 0.841. The molecule has 0 unspecified atom stereocenters. The summed E-state index contributed by atoms with van der Waals surface area (Å²) in [6.45, 7) is 4.04. The molecule has 168 valence electrons. The van der Waals surface area contributed by atoms with Crippen LogP contribution >= 0.6 is 11.6 Å². The number of anilines is 1. The first kappa shape index (κ1) is 25.5. The Hall–Kier alpha value is -2.51. The van der Waals surface area contributed by atoms with Crippen LogP contribution in [-0.4, -0.2) is 61.7 Å². The van der Waals surface area contributed by atoms with Gasteiger partial charge in [0.05, 0.1) is 22.7 Å². The molecule has 0 aromatic heterocycles. The van der Waals surface area contributed by atoms with E-state index in [4.69, 9.17) is 16.3 Å². The summed E-state index contributed by atoms with van der Waals surface area (Å²) in [5.74, 6) is -1.24. The highest BCUT2D eigenvalue weighted by Crippen LogP contribution is 2.38. The van der Waals surface area contributed by atoms with E-state index in [0.717, 1.165) is 18.4 Å². The molecule has 0 aliphatic rings. The average molecular weight is 468 g/mol. The minimum absolute atomic E-state index is 0.00517. The first-order valence-corrected chi connectivity index (χ1v) is 10.9. The van der Waals surface area contributed by atoms with Gasteiger partial charge in [0, 0.05) is 25.0 Å². The Labute approximate surface area is 178 Å². The number of hydrogen-bond acceptors (Lipinski definition) is 10. The predicted octanol–water partition coefficient (Wildman–Crippen LogP) is 2.48. The van der Waals surface area contributed by atoms with Crippen LogP contribution in [0, 0.1) is 20.2 Å². The van der Waals surface area contributed by atoms with E-state index in [-0.39, 0.29) is 31.3 Å². The van der Waals surface area contributed by atoms with Gasteiger partial charge in [-0.1, -0.05) is 0 Å². The Balaban J connectivity index is 3.60. The second-order valence-corrected chi connectivity index (χ2v) is 9.07. The van der Waals surface area contributed by atoms with Crippen LogP contribution < -0.4 is 4.90 Å². The standard InChI is InChI=1S/C16H22ClN3O9S/c1-16(2,3)29-15(21)13-11(19(22)23)5-6-12(14(13)20(24)25)18(8-7-17)9-10-28-30(4,26)27/h5-6H,7-10H2,1-4H3. The third-order valence-electron chi connectivity index (χ3n) is 3.47. The molecule has 1 aromatic carbocycles. The summed E-state index contributed by atoms with van der Waals surface area (Å²) in [5.41, 5.74) is -3.68. The molecule has 1 aromatic rings. The smallest absolute Gasteiger partial charge is 0.352 e. The van der Waals surface area contributed by atoms with Crippen LogP contribution in [0.4, 0.5) is 17.1 Å². The zero-order chi connectivity index (χ0) is 23.3. The lowest BCUT2D eigenvalue weighted by Gasteiger charge is -2.24. The SMILES string of the molecule is CC(C)(C)OC(=O)c1c([N+](=O)[O-])ccc(N(CCCl)CCOS(C)(=O)=O)c1[N+](=O)[O-]. The minimum Gasteiger partial charge on any atom is -0.456 e. The van der Waals surface area contributed by atoms with E-state index < -0.39 is 48.5 Å². The zero-order valence-corrected chi connectivity index (χ0v) is 18.4. The Morgan fingerprint density at radius 3 is 2.20 bits per heavy atom. The second kappa shape index (κ2) is 10.00. The molecular formula is C16H22ClN3O9S. The highest BCUT2D eigenvalue weighted by Gasteiger charge is 2.38. The van der Waals surface area contributed by atoms with Crippen molar-refractivity contribution in [3.8, 4) is 0 Å². The zero-order valence-electron chi connectivity index (χ0n) is 16.8. The van der Waals surface area contributed by atoms with Gasteiger partial charge < -0.3 is 9.64 Å². The molecule has 0 aliphatic heterocycles. The van der Waals surface area contributed by atoms with Crippen LogP contribution in [0.5, 0.6) is 0 Å². The lowest BCUT2D eigenvalue weighted by molar-refractivity contribution is -0.394. The first-order valence-electron chi connectivity index (χ1n) is 8.52. The van der Waals surface area contributed by atoms with Gasteiger partial charge in [-0.25, -0.2) is 4.79 Å². The molecule has 0 saturated heterocycles. The topological polar surface area (TPSA) is 159 Å². The van der Waals surface area contributed by atoms with E-state index in [1.807, 2.05) is 0 Å². The van der Waals surface area contributed by atoms with Crippen molar-refractivity contribution >= 4 is 44.8 Å². The van der Waals surface area contributed by atoms with Crippen molar-refractivity contribution in [1.82, 2.24) is 0 Å². The number of esters is 1. The Bertz CT molecular complexity index is 929. The number of halogens is 1. The number of benzene rings is 1. The number of carbonyl (C=O) groups is 1. The maximum Gasteiger partial charge on any atom is 0.352 e. The Morgan fingerprint density at radius 2 is 1.77 bits per heavy atom. The van der Waals surface area contributed by atoms with Gasteiger partial charge in [-0.15, -0.1) is 11.6 Å². The molecule has 1 rings (SSSR count). The van der Waals surface area contributed by atoms with Gasteiger partial charge in [0.2, 0.25) is 5.56 Å². The number of nitro groups is 2. The summed E-state index contributed by atoms with van der Waals surface area (Å²) in [4.78, 5) is 35.3. The van der Waals surface area contributed by atoms with E-state index >= 15 is 0 Å². The molecule has 0 spiro atoms. The maximum absolute atomic E-state index is 12.6. The number of hydrogen-bond donors (Lipinski definition) is 0. The van der Waals surface area contributed by atoms with Gasteiger partial charge in [-0.2, -0.15) is 8.42 Å². The van der Waals surface area contributed by atoms with E-state index in [1.165, 1.54) is 25.7 Å². The van der Waals surface area contributed by atoms with Crippen molar-refractivity contribution < 1.29 is 32.0 Å². The lowest BCUT2D eigenvalue weighted by atomic mass is 10.1. The first-order chi connectivity index (χ1) is 13.7. The summed E-state index contributed by atoms with van der Waals surface area (Å²) in [5, 5.41) is 23.2. The van der Waals surface area contributed by atoms with Gasteiger partial charge in [-0.3, -0.25) is 24.4 Å². The molecule has 0 amide bonds. The molecule has 30 heavy (non-hydrogen) atoms. The molecule has 0 radical (unpaired) electrons. The van der Waals surface area contributed by atoms with Crippen LogP contribution in [0.3, 0.4) is 0 Å². The van der Waals surface area contributed by atoms with Crippen LogP contribution in [0.2, 0.25) is 0 Å². The largest absolute Gasteiger partial charge is 0.456 e. The summed E-state index contributed by atoms with van der Waals surface area (Å²) in [6, 6.07) is 2.04. The van der Waals surface area contributed by atoms with E-state index in [0.29, 0.717) is 0 Å². The third kappa shape index (κ3) is 7.39. The molecule has 0 aliphatic carbocycles. The lowest BCUT2D eigenvalue weighted by Crippen LogP contribution is -2.31. The highest BCUT2D eigenvalue weighted by atomic mass is 35.5. The molecule has 14 heteroatoms. The molecule has 0 heterocycles. The minimum atomic E-state index is -3.76. The number of rotatable bonds is 10. The van der Waals surface area contributed by atoms with Gasteiger partial charge in [0.1, 0.15) is 11.3 Å². The van der Waals surface area contributed by atoms with Crippen molar-refractivity contribution in [1.29, 1.82) is 0 Å². The fraction of sp³-hybridized carbons (Fsp3) is 0.562.